The number of hydrogen-bond acceptors (Lipinski definition) is 5. The molecule has 1 atom stereocenters. The van der Waals surface area contributed by atoms with Gasteiger partial charge in [-0.2, -0.15) is 12.6 Å². The van der Waals surface area contributed by atoms with E-state index in [0.29, 0.717) is 45.6 Å². The highest BCUT2D eigenvalue weighted by atomic mass is 32.1. The highest BCUT2D eigenvalue weighted by Crippen LogP contribution is 1.97. The van der Waals surface area contributed by atoms with Gasteiger partial charge in [0, 0.05) is 7.11 Å². The molecule has 16 heavy (non-hydrogen) atoms. The molecule has 0 saturated carbocycles. The maximum atomic E-state index is 5.40. The third-order valence-electron chi connectivity index (χ3n) is 1.89. The lowest BCUT2D eigenvalue weighted by atomic mass is 10.2. The van der Waals surface area contributed by atoms with Gasteiger partial charge in [-0.15, -0.1) is 0 Å². The molecule has 0 spiro atoms. The molecule has 0 aliphatic carbocycles. The average Bonchev–Trinajstić information content (AvgIpc) is 2.31. The van der Waals surface area contributed by atoms with E-state index in [1.165, 1.54) is 0 Å². The van der Waals surface area contributed by atoms with Crippen LogP contribution in [0, 0.1) is 5.92 Å². The lowest BCUT2D eigenvalue weighted by molar-refractivity contribution is 0.000413. The van der Waals surface area contributed by atoms with Crippen LogP contribution in [0.1, 0.15) is 6.92 Å². The fourth-order valence-electron chi connectivity index (χ4n) is 0.919. The van der Waals surface area contributed by atoms with Crippen molar-refractivity contribution in [1.82, 2.24) is 0 Å². The van der Waals surface area contributed by atoms with E-state index in [0.717, 1.165) is 12.4 Å². The summed E-state index contributed by atoms with van der Waals surface area (Å²) in [6, 6.07) is 0. The molecule has 0 aromatic carbocycles. The summed E-state index contributed by atoms with van der Waals surface area (Å²) in [4.78, 5) is 0. The summed E-state index contributed by atoms with van der Waals surface area (Å²) in [5, 5.41) is 0. The van der Waals surface area contributed by atoms with Gasteiger partial charge in [0.15, 0.2) is 0 Å². The molecule has 1 unspecified atom stereocenters. The van der Waals surface area contributed by atoms with Crippen molar-refractivity contribution in [3.63, 3.8) is 0 Å². The van der Waals surface area contributed by atoms with Crippen LogP contribution in [0.3, 0.4) is 0 Å². The largest absolute Gasteiger partial charge is 0.382 e. The Kier molecular flexibility index (Phi) is 13.4. The van der Waals surface area contributed by atoms with Crippen LogP contribution < -0.4 is 0 Å². The second kappa shape index (κ2) is 13.3. The van der Waals surface area contributed by atoms with Gasteiger partial charge in [0.1, 0.15) is 0 Å². The third-order valence-corrected chi connectivity index (χ3v) is 2.51. The van der Waals surface area contributed by atoms with E-state index in [-0.39, 0.29) is 0 Å². The van der Waals surface area contributed by atoms with Gasteiger partial charge in [0.25, 0.3) is 0 Å². The van der Waals surface area contributed by atoms with Crippen molar-refractivity contribution in [3.05, 3.63) is 0 Å². The Labute approximate surface area is 104 Å². The van der Waals surface area contributed by atoms with Gasteiger partial charge in [-0.3, -0.25) is 0 Å². The van der Waals surface area contributed by atoms with Crippen LogP contribution in [-0.2, 0) is 18.9 Å². The molecular formula is C11H24O4S. The quantitative estimate of drug-likeness (QED) is 0.419. The highest BCUT2D eigenvalue weighted by Gasteiger charge is 1.98. The fourth-order valence-corrected chi connectivity index (χ4v) is 1.02. The maximum absolute atomic E-state index is 5.40. The third kappa shape index (κ3) is 12.3. The van der Waals surface area contributed by atoms with Crippen LogP contribution in [0.4, 0.5) is 0 Å². The molecule has 0 aromatic rings. The topological polar surface area (TPSA) is 36.9 Å². The summed E-state index contributed by atoms with van der Waals surface area (Å²) in [5.41, 5.74) is 0. The first-order valence-electron chi connectivity index (χ1n) is 5.64. The van der Waals surface area contributed by atoms with Crippen molar-refractivity contribution >= 4 is 12.6 Å². The first-order chi connectivity index (χ1) is 7.81. The van der Waals surface area contributed by atoms with E-state index in [4.69, 9.17) is 18.9 Å². The summed E-state index contributed by atoms with van der Waals surface area (Å²) in [6.07, 6.45) is 0. The maximum Gasteiger partial charge on any atom is 0.0701 e. The average molecular weight is 252 g/mol. The van der Waals surface area contributed by atoms with Crippen molar-refractivity contribution in [2.75, 3.05) is 59.1 Å². The van der Waals surface area contributed by atoms with E-state index < -0.39 is 0 Å². The first-order valence-corrected chi connectivity index (χ1v) is 6.27. The normalized spacial score (nSPS) is 12.9. The molecular weight excluding hydrogens is 228 g/mol. The zero-order valence-corrected chi connectivity index (χ0v) is 11.2. The standard InChI is InChI=1S/C11H24O4S/c1-11(10-16)9-15-8-7-14-6-5-13-4-3-12-2/h11,16H,3-10H2,1-2H3. The molecule has 98 valence electrons. The van der Waals surface area contributed by atoms with Crippen LogP contribution in [0.2, 0.25) is 0 Å². The molecule has 0 radical (unpaired) electrons. The van der Waals surface area contributed by atoms with Gasteiger partial charge in [-0.25, -0.2) is 0 Å². The van der Waals surface area contributed by atoms with Crippen LogP contribution in [0.5, 0.6) is 0 Å². The minimum atomic E-state index is 0.501. The molecule has 5 heteroatoms. The molecule has 0 heterocycles. The second-order valence-electron chi connectivity index (χ2n) is 3.58. The molecule has 0 rings (SSSR count). The van der Waals surface area contributed by atoms with Gasteiger partial charge in [0.2, 0.25) is 0 Å². The molecule has 0 amide bonds. The Morgan fingerprint density at radius 3 is 1.88 bits per heavy atom. The SMILES string of the molecule is COCCOCCOCCOCC(C)CS. The van der Waals surface area contributed by atoms with Gasteiger partial charge in [-0.1, -0.05) is 6.92 Å². The highest BCUT2D eigenvalue weighted by molar-refractivity contribution is 7.80. The predicted molar refractivity (Wildman–Crippen MR) is 67.4 cm³/mol. The Bertz CT molecular complexity index is 135. The first kappa shape index (κ1) is 16.2. The number of methoxy groups -OCH3 is 1. The lowest BCUT2D eigenvalue weighted by Crippen LogP contribution is -2.13. The summed E-state index contributed by atoms with van der Waals surface area (Å²) < 4.78 is 20.8. The smallest absolute Gasteiger partial charge is 0.0701 e. The van der Waals surface area contributed by atoms with Crippen molar-refractivity contribution < 1.29 is 18.9 Å². The van der Waals surface area contributed by atoms with E-state index in [2.05, 4.69) is 19.6 Å². The molecule has 4 nitrogen and oxygen atoms in total. The molecule has 0 fully saturated rings. The van der Waals surface area contributed by atoms with Gasteiger partial charge in [0.05, 0.1) is 46.2 Å². The van der Waals surface area contributed by atoms with Crippen molar-refractivity contribution in [1.29, 1.82) is 0 Å². The predicted octanol–water partition coefficient (Wildman–Crippen LogP) is 1.25. The number of thiol groups is 1. The van der Waals surface area contributed by atoms with Gasteiger partial charge in [-0.05, 0) is 11.7 Å². The van der Waals surface area contributed by atoms with Crippen molar-refractivity contribution in [2.24, 2.45) is 5.92 Å². The second-order valence-corrected chi connectivity index (χ2v) is 3.95. The minimum absolute atomic E-state index is 0.501. The number of ether oxygens (including phenoxy) is 4. The van der Waals surface area contributed by atoms with Crippen LogP contribution in [0.25, 0.3) is 0 Å². The number of hydrogen-bond donors (Lipinski definition) is 1. The van der Waals surface area contributed by atoms with Crippen molar-refractivity contribution in [2.45, 2.75) is 6.92 Å². The summed E-state index contributed by atoms with van der Waals surface area (Å²) >= 11 is 4.18. The Hall–Kier alpha value is 0.190. The molecule has 0 aliphatic heterocycles. The van der Waals surface area contributed by atoms with Crippen LogP contribution in [0.15, 0.2) is 0 Å². The van der Waals surface area contributed by atoms with E-state index >= 15 is 0 Å². The fraction of sp³-hybridized carbons (Fsp3) is 1.00. The van der Waals surface area contributed by atoms with E-state index in [1.54, 1.807) is 7.11 Å². The van der Waals surface area contributed by atoms with Crippen LogP contribution in [-0.4, -0.2) is 59.1 Å². The number of rotatable bonds is 12. The Morgan fingerprint density at radius 2 is 1.38 bits per heavy atom. The molecule has 0 aliphatic rings. The molecule has 0 N–H and O–H groups in total. The summed E-state index contributed by atoms with van der Waals surface area (Å²) in [5.74, 6) is 1.36. The van der Waals surface area contributed by atoms with Crippen LogP contribution >= 0.6 is 12.6 Å². The zero-order chi connectivity index (χ0) is 12.1. The zero-order valence-electron chi connectivity index (χ0n) is 10.3. The Balaban J connectivity index is 2.93. The molecule has 0 saturated heterocycles. The lowest BCUT2D eigenvalue weighted by Gasteiger charge is -2.09. The minimum Gasteiger partial charge on any atom is -0.382 e. The van der Waals surface area contributed by atoms with Crippen molar-refractivity contribution in [3.8, 4) is 0 Å². The monoisotopic (exact) mass is 252 g/mol. The summed E-state index contributed by atoms with van der Waals surface area (Å²) in [7, 11) is 1.66. The van der Waals surface area contributed by atoms with Gasteiger partial charge < -0.3 is 18.9 Å². The van der Waals surface area contributed by atoms with E-state index in [1.807, 2.05) is 0 Å². The van der Waals surface area contributed by atoms with E-state index in [9.17, 15) is 0 Å². The molecule has 0 bridgehead atoms. The molecule has 0 aromatic heterocycles. The van der Waals surface area contributed by atoms with Gasteiger partial charge >= 0.3 is 0 Å². The summed E-state index contributed by atoms with van der Waals surface area (Å²) in [6.45, 7) is 6.57. The Morgan fingerprint density at radius 1 is 0.875 bits per heavy atom.